The van der Waals surface area contributed by atoms with Crippen LogP contribution in [0, 0.1) is 0 Å². The van der Waals surface area contributed by atoms with Gasteiger partial charge in [0.05, 0.1) is 31.4 Å². The van der Waals surface area contributed by atoms with Crippen molar-refractivity contribution in [3.05, 3.63) is 112 Å². The summed E-state index contributed by atoms with van der Waals surface area (Å²) >= 11 is 13.2. The first-order valence-corrected chi connectivity index (χ1v) is 18.7. The number of rotatable bonds is 17. The number of hydrogen-bond donors (Lipinski definition) is 1. The van der Waals surface area contributed by atoms with E-state index in [1.54, 1.807) is 42.5 Å². The van der Waals surface area contributed by atoms with E-state index in [9.17, 15) is 18.0 Å². The van der Waals surface area contributed by atoms with Crippen LogP contribution < -0.4 is 23.8 Å². The molecule has 4 rings (SSSR count). The van der Waals surface area contributed by atoms with Gasteiger partial charge in [0, 0.05) is 40.7 Å². The number of nitrogens with zero attached hydrogens (tertiary/aromatic N) is 2. The highest BCUT2D eigenvalue weighted by Crippen LogP contribution is 2.33. The number of hydrogen-bond acceptors (Lipinski definition) is 7. The summed E-state index contributed by atoms with van der Waals surface area (Å²) in [6.45, 7) is 5.22. The van der Waals surface area contributed by atoms with Gasteiger partial charge in [-0.3, -0.25) is 13.9 Å². The van der Waals surface area contributed by atoms with E-state index in [-0.39, 0.29) is 35.3 Å². The minimum Gasteiger partial charge on any atom is -0.494 e. The molecule has 1 N–H and O–H groups in total. The number of amides is 2. The first-order valence-electron chi connectivity index (χ1n) is 16.5. The standard InChI is InChI=1S/C38H43Cl2N3O7S/c1-6-26(3)41-38(45)34(22-27-12-9-8-10-13-27)42(24-31-32(39)14-11-15-33(31)40)37(44)25-43(28-16-18-29(19-17-28)50-7-2)51(46,47)30-20-21-35(48-4)36(23-30)49-5/h8-21,23,26,34H,6-7,22,24-25H2,1-5H3,(H,41,45). The summed E-state index contributed by atoms with van der Waals surface area (Å²) < 4.78 is 46.3. The maximum absolute atomic E-state index is 14.8. The molecular weight excluding hydrogens is 713 g/mol. The zero-order chi connectivity index (χ0) is 37.1. The number of carbonyl (C=O) groups excluding carboxylic acids is 2. The fourth-order valence-electron chi connectivity index (χ4n) is 5.36. The van der Waals surface area contributed by atoms with E-state index in [0.717, 1.165) is 9.87 Å². The van der Waals surface area contributed by atoms with Gasteiger partial charge in [0.15, 0.2) is 11.5 Å². The third kappa shape index (κ3) is 9.87. The molecule has 0 saturated heterocycles. The molecule has 2 amide bonds. The number of sulfonamides is 1. The lowest BCUT2D eigenvalue weighted by atomic mass is 10.0. The Labute approximate surface area is 310 Å². The van der Waals surface area contributed by atoms with Gasteiger partial charge in [-0.25, -0.2) is 8.42 Å². The van der Waals surface area contributed by atoms with Crippen molar-refractivity contribution in [3.63, 3.8) is 0 Å². The first-order chi connectivity index (χ1) is 24.4. The number of carbonyl (C=O) groups is 2. The van der Waals surface area contributed by atoms with Gasteiger partial charge in [0.2, 0.25) is 11.8 Å². The molecule has 0 aliphatic rings. The largest absolute Gasteiger partial charge is 0.494 e. The summed E-state index contributed by atoms with van der Waals surface area (Å²) in [6, 6.07) is 23.5. The molecule has 272 valence electrons. The summed E-state index contributed by atoms with van der Waals surface area (Å²) in [5, 5.41) is 3.60. The van der Waals surface area contributed by atoms with Crippen LogP contribution in [-0.2, 0) is 32.6 Å². The van der Waals surface area contributed by atoms with Crippen molar-refractivity contribution >= 4 is 50.7 Å². The number of nitrogens with one attached hydrogen (secondary N) is 1. The molecule has 4 aromatic carbocycles. The smallest absolute Gasteiger partial charge is 0.264 e. The third-order valence-corrected chi connectivity index (χ3v) is 10.8. The van der Waals surface area contributed by atoms with Gasteiger partial charge in [0.25, 0.3) is 10.0 Å². The predicted octanol–water partition coefficient (Wildman–Crippen LogP) is 7.16. The Balaban J connectivity index is 1.87. The van der Waals surface area contributed by atoms with Crippen LogP contribution in [0.15, 0.2) is 95.9 Å². The molecule has 10 nitrogen and oxygen atoms in total. The summed E-state index contributed by atoms with van der Waals surface area (Å²) in [5.74, 6) is -0.0184. The lowest BCUT2D eigenvalue weighted by Crippen LogP contribution is -2.54. The fourth-order valence-corrected chi connectivity index (χ4v) is 7.30. The summed E-state index contributed by atoms with van der Waals surface area (Å²) in [5.41, 5.74) is 1.41. The molecule has 0 aromatic heterocycles. The maximum atomic E-state index is 14.8. The highest BCUT2D eigenvalue weighted by molar-refractivity contribution is 7.92. The quantitative estimate of drug-likeness (QED) is 0.122. The van der Waals surface area contributed by atoms with Crippen LogP contribution in [0.3, 0.4) is 0 Å². The van der Waals surface area contributed by atoms with Crippen LogP contribution in [0.4, 0.5) is 5.69 Å². The molecule has 0 saturated carbocycles. The molecule has 0 bridgehead atoms. The average Bonchev–Trinajstić information content (AvgIpc) is 3.13. The molecule has 51 heavy (non-hydrogen) atoms. The van der Waals surface area contributed by atoms with Gasteiger partial charge < -0.3 is 24.4 Å². The van der Waals surface area contributed by atoms with Crippen molar-refractivity contribution in [1.82, 2.24) is 10.2 Å². The minimum absolute atomic E-state index is 0.141. The third-order valence-electron chi connectivity index (χ3n) is 8.32. The van der Waals surface area contributed by atoms with E-state index in [2.05, 4.69) is 5.32 Å². The van der Waals surface area contributed by atoms with Gasteiger partial charge in [0.1, 0.15) is 18.3 Å². The van der Waals surface area contributed by atoms with Crippen molar-refractivity contribution < 1.29 is 32.2 Å². The van der Waals surface area contributed by atoms with E-state index < -0.39 is 34.4 Å². The molecule has 0 aliphatic heterocycles. The monoisotopic (exact) mass is 755 g/mol. The lowest BCUT2D eigenvalue weighted by Gasteiger charge is -2.34. The SMILES string of the molecule is CCOc1ccc(N(CC(=O)N(Cc2c(Cl)cccc2Cl)C(Cc2ccccc2)C(=O)NC(C)CC)S(=O)(=O)c2ccc(OC)c(OC)c2)cc1. The van der Waals surface area contributed by atoms with Gasteiger partial charge in [-0.15, -0.1) is 0 Å². The lowest BCUT2D eigenvalue weighted by molar-refractivity contribution is -0.140. The number of benzene rings is 4. The highest BCUT2D eigenvalue weighted by Gasteiger charge is 2.36. The Bertz CT molecular complexity index is 1870. The Morgan fingerprint density at radius 1 is 0.843 bits per heavy atom. The Morgan fingerprint density at radius 3 is 2.08 bits per heavy atom. The van der Waals surface area contributed by atoms with Crippen molar-refractivity contribution in [3.8, 4) is 17.2 Å². The van der Waals surface area contributed by atoms with E-state index in [1.807, 2.05) is 51.1 Å². The Kier molecular flexibility index (Phi) is 14.0. The van der Waals surface area contributed by atoms with Crippen molar-refractivity contribution in [2.45, 2.75) is 57.1 Å². The number of ether oxygens (including phenoxy) is 3. The Morgan fingerprint density at radius 2 is 1.49 bits per heavy atom. The maximum Gasteiger partial charge on any atom is 0.264 e. The molecular formula is C38H43Cl2N3O7S. The molecule has 0 aliphatic carbocycles. The van der Waals surface area contributed by atoms with Gasteiger partial charge in [-0.2, -0.15) is 0 Å². The Hall–Kier alpha value is -4.45. The molecule has 0 radical (unpaired) electrons. The zero-order valence-corrected chi connectivity index (χ0v) is 31.6. The van der Waals surface area contributed by atoms with Crippen LogP contribution in [0.5, 0.6) is 17.2 Å². The normalized spacial score (nSPS) is 12.4. The summed E-state index contributed by atoms with van der Waals surface area (Å²) in [4.78, 5) is 30.1. The van der Waals surface area contributed by atoms with Crippen LogP contribution in [0.2, 0.25) is 10.0 Å². The van der Waals surface area contributed by atoms with Crippen LogP contribution in [0.1, 0.15) is 38.3 Å². The number of halogens is 2. The molecule has 0 spiro atoms. The van der Waals surface area contributed by atoms with Gasteiger partial charge in [-0.1, -0.05) is 66.5 Å². The van der Waals surface area contributed by atoms with Crippen molar-refractivity contribution in [2.75, 3.05) is 31.7 Å². The predicted molar refractivity (Wildman–Crippen MR) is 201 cm³/mol. The van der Waals surface area contributed by atoms with Crippen molar-refractivity contribution in [2.24, 2.45) is 0 Å². The second kappa shape index (κ2) is 18.2. The van der Waals surface area contributed by atoms with Crippen molar-refractivity contribution in [1.29, 1.82) is 0 Å². The zero-order valence-electron chi connectivity index (χ0n) is 29.3. The van der Waals surface area contributed by atoms with Gasteiger partial charge in [-0.05, 0) is 74.4 Å². The van der Waals surface area contributed by atoms with E-state index in [4.69, 9.17) is 37.4 Å². The second-order valence-electron chi connectivity index (χ2n) is 11.7. The summed E-state index contributed by atoms with van der Waals surface area (Å²) in [7, 11) is -1.58. The van der Waals surface area contributed by atoms with Crippen LogP contribution in [0.25, 0.3) is 0 Å². The fraction of sp³-hybridized carbons (Fsp3) is 0.316. The topological polar surface area (TPSA) is 114 Å². The van der Waals surface area contributed by atoms with E-state index in [0.29, 0.717) is 40.1 Å². The molecule has 2 unspecified atom stereocenters. The molecule has 0 heterocycles. The highest BCUT2D eigenvalue weighted by atomic mass is 35.5. The summed E-state index contributed by atoms with van der Waals surface area (Å²) in [6.07, 6.45) is 0.797. The first kappa shape index (κ1) is 39.3. The van der Waals surface area contributed by atoms with E-state index >= 15 is 0 Å². The number of anilines is 1. The van der Waals surface area contributed by atoms with Crippen LogP contribution >= 0.6 is 23.2 Å². The number of methoxy groups -OCH3 is 2. The molecule has 13 heteroatoms. The second-order valence-corrected chi connectivity index (χ2v) is 14.4. The molecule has 2 atom stereocenters. The molecule has 0 fully saturated rings. The minimum atomic E-state index is -4.43. The van der Waals surface area contributed by atoms with Crippen LogP contribution in [-0.4, -0.2) is 64.6 Å². The average molecular weight is 757 g/mol. The molecule has 4 aromatic rings. The van der Waals surface area contributed by atoms with Gasteiger partial charge >= 0.3 is 0 Å². The van der Waals surface area contributed by atoms with E-state index in [1.165, 1.54) is 37.3 Å².